The van der Waals surface area contributed by atoms with Crippen LogP contribution in [0.2, 0.25) is 0 Å². The van der Waals surface area contributed by atoms with Crippen LogP contribution in [0.4, 0.5) is 24.0 Å². The van der Waals surface area contributed by atoms with E-state index in [4.69, 9.17) is 0 Å². The smallest absolute Gasteiger partial charge is 0.350 e. The molecule has 0 saturated carbocycles. The number of aryl methyl sites for hydroxylation is 1. The first-order valence-electron chi connectivity index (χ1n) is 6.44. The van der Waals surface area contributed by atoms with Crippen molar-refractivity contribution in [2.75, 3.05) is 16.8 Å². The average Bonchev–Trinajstić information content (AvgIpc) is 3.12. The summed E-state index contributed by atoms with van der Waals surface area (Å²) in [5.41, 5.74) is 0.673. The van der Waals surface area contributed by atoms with Crippen LogP contribution in [0.1, 0.15) is 11.3 Å². The second-order valence-corrected chi connectivity index (χ2v) is 5.91. The predicted octanol–water partition coefficient (Wildman–Crippen LogP) is 2.11. The van der Waals surface area contributed by atoms with Crippen molar-refractivity contribution >= 4 is 28.1 Å². The van der Waals surface area contributed by atoms with Gasteiger partial charge in [0.05, 0.1) is 18.1 Å². The molecule has 1 N–H and O–H groups in total. The molecule has 0 spiro atoms. The van der Waals surface area contributed by atoms with Crippen LogP contribution in [0.5, 0.6) is 0 Å². The summed E-state index contributed by atoms with van der Waals surface area (Å²) in [6, 6.07) is -0.576. The molecule has 10 heteroatoms. The summed E-state index contributed by atoms with van der Waals surface area (Å²) in [7, 11) is 1.74. The van der Waals surface area contributed by atoms with E-state index in [-0.39, 0.29) is 11.0 Å². The molecule has 22 heavy (non-hydrogen) atoms. The molecule has 3 rings (SSSR count). The van der Waals surface area contributed by atoms with Gasteiger partial charge < -0.3 is 10.2 Å². The summed E-state index contributed by atoms with van der Waals surface area (Å²) in [6.07, 6.45) is 0.135. The summed E-state index contributed by atoms with van der Waals surface area (Å²) in [5.74, 6) is -0.197. The van der Waals surface area contributed by atoms with E-state index in [1.165, 1.54) is 0 Å². The first-order chi connectivity index (χ1) is 10.3. The highest BCUT2D eigenvalue weighted by Gasteiger charge is 2.36. The number of carbonyl (C=O) groups excluding carboxylic acids is 1. The van der Waals surface area contributed by atoms with Gasteiger partial charge in [-0.3, -0.25) is 9.48 Å². The number of nitrogens with zero attached hydrogens (tertiary/aromatic N) is 4. The first kappa shape index (κ1) is 14.8. The van der Waals surface area contributed by atoms with Gasteiger partial charge in [-0.15, -0.1) is 0 Å². The number of hydrogen-bond donors (Lipinski definition) is 1. The largest absolute Gasteiger partial charge is 0.427 e. The van der Waals surface area contributed by atoms with Crippen molar-refractivity contribution in [3.63, 3.8) is 0 Å². The lowest BCUT2D eigenvalue weighted by Crippen LogP contribution is -2.33. The summed E-state index contributed by atoms with van der Waals surface area (Å²) < 4.78 is 39.2. The van der Waals surface area contributed by atoms with Gasteiger partial charge in [0.1, 0.15) is 10.9 Å². The maximum absolute atomic E-state index is 12.5. The Labute approximate surface area is 127 Å². The number of carbonyl (C=O) groups is 1. The molecule has 6 nitrogen and oxygen atoms in total. The molecular weight excluding hydrogens is 319 g/mol. The number of alkyl halides is 3. The number of amides is 1. The molecule has 1 aliphatic rings. The van der Waals surface area contributed by atoms with E-state index in [0.717, 1.165) is 6.20 Å². The van der Waals surface area contributed by atoms with Crippen molar-refractivity contribution in [2.45, 2.75) is 18.6 Å². The molecule has 1 fully saturated rings. The normalized spacial score (nSPS) is 19.0. The zero-order valence-corrected chi connectivity index (χ0v) is 12.3. The predicted molar refractivity (Wildman–Crippen MR) is 74.7 cm³/mol. The van der Waals surface area contributed by atoms with Crippen molar-refractivity contribution in [3.8, 4) is 0 Å². The van der Waals surface area contributed by atoms with Crippen LogP contribution >= 0.6 is 11.3 Å². The lowest BCUT2D eigenvalue weighted by atomic mass is 10.2. The maximum Gasteiger partial charge on any atom is 0.427 e. The van der Waals surface area contributed by atoms with E-state index in [9.17, 15) is 18.0 Å². The summed E-state index contributed by atoms with van der Waals surface area (Å²) in [5, 5.41) is 6.88. The molecule has 0 aliphatic carbocycles. The van der Waals surface area contributed by atoms with Crippen LogP contribution in [0.25, 0.3) is 0 Å². The Morgan fingerprint density at radius 1 is 1.41 bits per heavy atom. The minimum Gasteiger partial charge on any atom is -0.350 e. The zero-order chi connectivity index (χ0) is 15.9. The lowest BCUT2D eigenvalue weighted by molar-refractivity contribution is -0.134. The van der Waals surface area contributed by atoms with Crippen molar-refractivity contribution in [3.05, 3.63) is 23.5 Å². The fourth-order valence-electron chi connectivity index (χ4n) is 2.24. The third kappa shape index (κ3) is 2.78. The van der Waals surface area contributed by atoms with Crippen LogP contribution in [-0.4, -0.2) is 33.3 Å². The standard InChI is InChI=1S/C12H12F3N5OS/c1-19-6-7(4-17-19)20-3-2-8(10(20)21)18-11-16-5-9(22-11)12(13,14)15/h4-6,8H,2-3H2,1H3,(H,16,18)/t8-/m0/s1. The Balaban J connectivity index is 1.69. The van der Waals surface area contributed by atoms with Gasteiger partial charge >= 0.3 is 6.18 Å². The van der Waals surface area contributed by atoms with Gasteiger partial charge in [-0.2, -0.15) is 18.3 Å². The van der Waals surface area contributed by atoms with E-state index < -0.39 is 17.1 Å². The van der Waals surface area contributed by atoms with Gasteiger partial charge in [-0.25, -0.2) is 4.98 Å². The van der Waals surface area contributed by atoms with Gasteiger partial charge in [-0.05, 0) is 6.42 Å². The molecule has 118 valence electrons. The summed E-state index contributed by atoms with van der Waals surface area (Å²) in [4.78, 5) is 16.8. The minimum absolute atomic E-state index is 0.0960. The van der Waals surface area contributed by atoms with Crippen molar-refractivity contribution in [1.29, 1.82) is 0 Å². The molecule has 1 atom stereocenters. The summed E-state index contributed by atoms with van der Waals surface area (Å²) in [6.45, 7) is 0.486. The molecule has 2 aromatic heterocycles. The van der Waals surface area contributed by atoms with Crippen LogP contribution in [-0.2, 0) is 18.0 Å². The van der Waals surface area contributed by atoms with Gasteiger partial charge in [0.15, 0.2) is 5.13 Å². The van der Waals surface area contributed by atoms with Gasteiger partial charge in [0, 0.05) is 19.8 Å². The molecule has 0 aromatic carbocycles. The number of halogens is 3. The van der Waals surface area contributed by atoms with Gasteiger partial charge in [-0.1, -0.05) is 11.3 Å². The first-order valence-corrected chi connectivity index (χ1v) is 7.26. The molecule has 0 radical (unpaired) electrons. The highest BCUT2D eigenvalue weighted by atomic mass is 32.1. The number of rotatable bonds is 3. The Morgan fingerprint density at radius 2 is 2.18 bits per heavy atom. The molecule has 3 heterocycles. The topological polar surface area (TPSA) is 63.1 Å². The molecule has 2 aromatic rings. The lowest BCUT2D eigenvalue weighted by Gasteiger charge is -2.14. The highest BCUT2D eigenvalue weighted by Crippen LogP contribution is 2.35. The van der Waals surface area contributed by atoms with Gasteiger partial charge in [0.25, 0.3) is 0 Å². The Morgan fingerprint density at radius 3 is 2.77 bits per heavy atom. The Bertz CT molecular complexity index is 695. The second-order valence-electron chi connectivity index (χ2n) is 4.88. The van der Waals surface area contributed by atoms with E-state index in [0.29, 0.717) is 30.0 Å². The highest BCUT2D eigenvalue weighted by molar-refractivity contribution is 7.15. The van der Waals surface area contributed by atoms with Crippen LogP contribution in [0.15, 0.2) is 18.6 Å². The van der Waals surface area contributed by atoms with E-state index in [1.807, 2.05) is 0 Å². The molecule has 0 bridgehead atoms. The third-order valence-electron chi connectivity index (χ3n) is 3.29. The van der Waals surface area contributed by atoms with Crippen molar-refractivity contribution in [2.24, 2.45) is 7.05 Å². The molecule has 0 unspecified atom stereocenters. The monoisotopic (exact) mass is 331 g/mol. The van der Waals surface area contributed by atoms with Gasteiger partial charge in [0.2, 0.25) is 5.91 Å². The minimum atomic E-state index is -4.42. The zero-order valence-electron chi connectivity index (χ0n) is 11.5. The summed E-state index contributed by atoms with van der Waals surface area (Å²) >= 11 is 0.495. The average molecular weight is 331 g/mol. The molecule has 1 saturated heterocycles. The number of anilines is 2. The number of aromatic nitrogens is 3. The van der Waals surface area contributed by atoms with E-state index in [2.05, 4.69) is 15.4 Å². The molecular formula is C12H12F3N5OS. The molecule has 1 amide bonds. The number of thiazole rings is 1. The van der Waals surface area contributed by atoms with Crippen molar-refractivity contribution in [1.82, 2.24) is 14.8 Å². The Kier molecular flexibility index (Phi) is 3.55. The van der Waals surface area contributed by atoms with Crippen LogP contribution in [0.3, 0.4) is 0 Å². The SMILES string of the molecule is Cn1cc(N2CC[C@H](Nc3ncc(C(F)(F)F)s3)C2=O)cn1. The molecule has 1 aliphatic heterocycles. The fourth-order valence-corrected chi connectivity index (χ4v) is 2.97. The number of nitrogens with one attached hydrogen (secondary N) is 1. The van der Waals surface area contributed by atoms with E-state index >= 15 is 0 Å². The number of hydrogen-bond acceptors (Lipinski definition) is 5. The maximum atomic E-state index is 12.5. The Hall–Kier alpha value is -2.10. The van der Waals surface area contributed by atoms with Crippen LogP contribution < -0.4 is 10.2 Å². The fraction of sp³-hybridized carbons (Fsp3) is 0.417. The second kappa shape index (κ2) is 5.27. The van der Waals surface area contributed by atoms with Crippen molar-refractivity contribution < 1.29 is 18.0 Å². The van der Waals surface area contributed by atoms with Crippen LogP contribution in [0, 0.1) is 0 Å². The van der Waals surface area contributed by atoms with E-state index in [1.54, 1.807) is 29.0 Å². The quantitative estimate of drug-likeness (QED) is 0.936. The third-order valence-corrected chi connectivity index (χ3v) is 4.26.